The highest BCUT2D eigenvalue weighted by Crippen LogP contribution is 2.15. The Bertz CT molecular complexity index is 538. The Morgan fingerprint density at radius 2 is 1.78 bits per heavy atom. The first kappa shape index (κ1) is 19.1. The number of hydrazine groups is 1. The van der Waals surface area contributed by atoms with Crippen molar-refractivity contribution >= 4 is 41.1 Å². The van der Waals surface area contributed by atoms with E-state index in [0.29, 0.717) is 16.5 Å². The van der Waals surface area contributed by atoms with Crippen molar-refractivity contribution in [3.05, 3.63) is 29.3 Å². The first-order valence-corrected chi connectivity index (χ1v) is 8.15. The summed E-state index contributed by atoms with van der Waals surface area (Å²) in [5, 5.41) is 0.568. The molecule has 0 fully saturated rings. The predicted octanol–water partition coefficient (Wildman–Crippen LogP) is 1.16. The Labute approximate surface area is 143 Å². The molecule has 9 heteroatoms. The number of nitrogens with one attached hydrogen (secondary N) is 2. The van der Waals surface area contributed by atoms with Crippen LogP contribution in [0.3, 0.4) is 0 Å². The SMILES string of the molecule is COC(=O)CCSCC(=O)NNC(=O)COc1ccc(Cl)cc1. The lowest BCUT2D eigenvalue weighted by Crippen LogP contribution is -2.44. The highest BCUT2D eigenvalue weighted by Gasteiger charge is 2.07. The number of hydrogen-bond donors (Lipinski definition) is 2. The molecule has 0 saturated carbocycles. The lowest BCUT2D eigenvalue weighted by Gasteiger charge is -2.08. The minimum absolute atomic E-state index is 0.120. The minimum atomic E-state index is -0.493. The molecule has 0 aliphatic heterocycles. The van der Waals surface area contributed by atoms with Crippen LogP contribution in [0.4, 0.5) is 0 Å². The summed E-state index contributed by atoms with van der Waals surface area (Å²) < 4.78 is 9.69. The zero-order chi connectivity index (χ0) is 17.1. The van der Waals surface area contributed by atoms with Gasteiger partial charge in [0, 0.05) is 10.8 Å². The van der Waals surface area contributed by atoms with Crippen LogP contribution in [0.25, 0.3) is 0 Å². The molecule has 0 aliphatic rings. The maximum Gasteiger partial charge on any atom is 0.306 e. The van der Waals surface area contributed by atoms with E-state index in [0.717, 1.165) is 0 Å². The van der Waals surface area contributed by atoms with Crippen LogP contribution in [0.1, 0.15) is 6.42 Å². The summed E-state index contributed by atoms with van der Waals surface area (Å²) in [5.74, 6) is -0.115. The van der Waals surface area contributed by atoms with Gasteiger partial charge in [-0.1, -0.05) is 11.6 Å². The largest absolute Gasteiger partial charge is 0.484 e. The number of thioether (sulfide) groups is 1. The molecule has 23 heavy (non-hydrogen) atoms. The maximum atomic E-state index is 11.5. The Balaban J connectivity index is 2.11. The van der Waals surface area contributed by atoms with E-state index in [-0.39, 0.29) is 30.7 Å². The van der Waals surface area contributed by atoms with Gasteiger partial charge in [0.15, 0.2) is 6.61 Å². The Kier molecular flexibility index (Phi) is 8.93. The zero-order valence-corrected chi connectivity index (χ0v) is 14.0. The van der Waals surface area contributed by atoms with E-state index in [9.17, 15) is 14.4 Å². The molecule has 1 aromatic rings. The zero-order valence-electron chi connectivity index (χ0n) is 12.5. The Morgan fingerprint density at radius 1 is 1.13 bits per heavy atom. The summed E-state index contributed by atoms with van der Waals surface area (Å²) in [6.07, 6.45) is 0.232. The monoisotopic (exact) mass is 360 g/mol. The second-order valence-corrected chi connectivity index (χ2v) is 5.76. The topological polar surface area (TPSA) is 93.7 Å². The van der Waals surface area contributed by atoms with E-state index >= 15 is 0 Å². The number of carbonyl (C=O) groups is 3. The van der Waals surface area contributed by atoms with Crippen molar-refractivity contribution in [3.63, 3.8) is 0 Å². The third kappa shape index (κ3) is 8.94. The highest BCUT2D eigenvalue weighted by molar-refractivity contribution is 7.99. The second-order valence-electron chi connectivity index (χ2n) is 4.22. The van der Waals surface area contributed by atoms with Crippen LogP contribution >= 0.6 is 23.4 Å². The number of amides is 2. The van der Waals surface area contributed by atoms with Crippen molar-refractivity contribution in [2.75, 3.05) is 25.2 Å². The average molecular weight is 361 g/mol. The van der Waals surface area contributed by atoms with E-state index in [1.54, 1.807) is 24.3 Å². The number of halogens is 1. The van der Waals surface area contributed by atoms with E-state index < -0.39 is 5.91 Å². The molecule has 1 rings (SSSR count). The van der Waals surface area contributed by atoms with Crippen molar-refractivity contribution in [1.29, 1.82) is 0 Å². The minimum Gasteiger partial charge on any atom is -0.484 e. The molecule has 0 saturated heterocycles. The lowest BCUT2D eigenvalue weighted by molar-refractivity contribution is -0.140. The molecule has 0 unspecified atom stereocenters. The van der Waals surface area contributed by atoms with Gasteiger partial charge in [0.05, 0.1) is 19.3 Å². The van der Waals surface area contributed by atoms with Crippen LogP contribution in [-0.2, 0) is 19.1 Å². The number of hydrogen-bond acceptors (Lipinski definition) is 6. The van der Waals surface area contributed by atoms with Gasteiger partial charge in [-0.2, -0.15) is 11.8 Å². The summed E-state index contributed by atoms with van der Waals surface area (Å²) in [7, 11) is 1.31. The fourth-order valence-electron chi connectivity index (χ4n) is 1.31. The number of rotatable bonds is 8. The van der Waals surface area contributed by atoms with Crippen molar-refractivity contribution in [2.24, 2.45) is 0 Å². The summed E-state index contributed by atoms with van der Waals surface area (Å²) in [5.41, 5.74) is 4.48. The molecule has 7 nitrogen and oxygen atoms in total. The third-order valence-corrected chi connectivity index (χ3v) is 3.65. The molecule has 0 heterocycles. The molecule has 0 radical (unpaired) electrons. The van der Waals surface area contributed by atoms with E-state index in [2.05, 4.69) is 15.6 Å². The van der Waals surface area contributed by atoms with Gasteiger partial charge in [-0.05, 0) is 24.3 Å². The van der Waals surface area contributed by atoms with Crippen LogP contribution in [0.2, 0.25) is 5.02 Å². The molecule has 1 aromatic carbocycles. The number of esters is 1. The molecular weight excluding hydrogens is 344 g/mol. The molecule has 0 spiro atoms. The summed E-state index contributed by atoms with van der Waals surface area (Å²) in [4.78, 5) is 33.8. The number of methoxy groups -OCH3 is 1. The lowest BCUT2D eigenvalue weighted by atomic mass is 10.3. The molecule has 0 bridgehead atoms. The quantitative estimate of drug-likeness (QED) is 0.410. The normalized spacial score (nSPS) is 9.83. The van der Waals surface area contributed by atoms with Crippen molar-refractivity contribution in [1.82, 2.24) is 10.9 Å². The summed E-state index contributed by atoms with van der Waals surface area (Å²) in [6.45, 7) is -0.239. The molecular formula is C14H17ClN2O5S. The van der Waals surface area contributed by atoms with Crippen LogP contribution in [0.5, 0.6) is 5.75 Å². The van der Waals surface area contributed by atoms with Gasteiger partial charge in [-0.25, -0.2) is 0 Å². The average Bonchev–Trinajstić information content (AvgIpc) is 2.56. The Hall–Kier alpha value is -1.93. The van der Waals surface area contributed by atoms with Crippen molar-refractivity contribution in [2.45, 2.75) is 6.42 Å². The third-order valence-electron chi connectivity index (χ3n) is 2.44. The molecule has 2 N–H and O–H groups in total. The van der Waals surface area contributed by atoms with E-state index in [4.69, 9.17) is 16.3 Å². The maximum absolute atomic E-state index is 11.5. The number of benzene rings is 1. The van der Waals surface area contributed by atoms with Gasteiger partial charge < -0.3 is 9.47 Å². The fourth-order valence-corrected chi connectivity index (χ4v) is 2.15. The molecule has 2 amide bonds. The highest BCUT2D eigenvalue weighted by atomic mass is 35.5. The van der Waals surface area contributed by atoms with Crippen LogP contribution in [-0.4, -0.2) is 43.0 Å². The molecule has 0 aromatic heterocycles. The summed E-state index contributed by atoms with van der Waals surface area (Å²) in [6, 6.07) is 6.54. The van der Waals surface area contributed by atoms with Crippen LogP contribution < -0.4 is 15.6 Å². The second kappa shape index (κ2) is 10.7. The first-order chi connectivity index (χ1) is 11.0. The van der Waals surface area contributed by atoms with Crippen molar-refractivity contribution in [3.8, 4) is 5.75 Å². The van der Waals surface area contributed by atoms with Gasteiger partial charge in [-0.15, -0.1) is 0 Å². The van der Waals surface area contributed by atoms with Gasteiger partial charge in [0.2, 0.25) is 5.91 Å². The number of carbonyl (C=O) groups excluding carboxylic acids is 3. The van der Waals surface area contributed by atoms with Crippen LogP contribution in [0.15, 0.2) is 24.3 Å². The predicted molar refractivity (Wildman–Crippen MR) is 87.2 cm³/mol. The Morgan fingerprint density at radius 3 is 2.43 bits per heavy atom. The van der Waals surface area contributed by atoms with Gasteiger partial charge in [-0.3, -0.25) is 25.2 Å². The van der Waals surface area contributed by atoms with E-state index in [1.165, 1.54) is 18.9 Å². The molecule has 0 atom stereocenters. The van der Waals surface area contributed by atoms with Crippen LogP contribution in [0, 0.1) is 0 Å². The van der Waals surface area contributed by atoms with Gasteiger partial charge in [0.25, 0.3) is 5.91 Å². The standard InChI is InChI=1S/C14H17ClN2O5S/c1-21-14(20)6-7-23-9-13(19)17-16-12(18)8-22-11-4-2-10(15)3-5-11/h2-5H,6-9H2,1H3,(H,16,18)(H,17,19). The van der Waals surface area contributed by atoms with Gasteiger partial charge in [0.1, 0.15) is 5.75 Å². The smallest absolute Gasteiger partial charge is 0.306 e. The number of ether oxygens (including phenoxy) is 2. The molecule has 0 aliphatic carbocycles. The molecule has 126 valence electrons. The summed E-state index contributed by atoms with van der Waals surface area (Å²) >= 11 is 6.99. The fraction of sp³-hybridized carbons (Fsp3) is 0.357. The van der Waals surface area contributed by atoms with Crippen molar-refractivity contribution < 1.29 is 23.9 Å². The first-order valence-electron chi connectivity index (χ1n) is 6.62. The van der Waals surface area contributed by atoms with E-state index in [1.807, 2.05) is 0 Å². The van der Waals surface area contributed by atoms with Gasteiger partial charge >= 0.3 is 5.97 Å².